The fourth-order valence-corrected chi connectivity index (χ4v) is 3.23. The van der Waals surface area contributed by atoms with E-state index in [4.69, 9.17) is 0 Å². The fourth-order valence-electron chi connectivity index (χ4n) is 3.23. The van der Waals surface area contributed by atoms with Crippen molar-refractivity contribution in [2.45, 2.75) is 39.7 Å². The van der Waals surface area contributed by atoms with Crippen molar-refractivity contribution in [1.29, 1.82) is 0 Å². The molecule has 0 aromatic heterocycles. The average Bonchev–Trinajstić information content (AvgIpc) is 2.84. The van der Waals surface area contributed by atoms with Crippen LogP contribution in [0, 0.1) is 19.8 Å². The van der Waals surface area contributed by atoms with Crippen LogP contribution in [0.1, 0.15) is 42.5 Å². The molecule has 1 N–H and O–H groups in total. The lowest BCUT2D eigenvalue weighted by molar-refractivity contribution is 0.287. The van der Waals surface area contributed by atoms with Gasteiger partial charge in [0.15, 0.2) is 0 Å². The molecule has 19 heavy (non-hydrogen) atoms. The van der Waals surface area contributed by atoms with E-state index < -0.39 is 0 Å². The van der Waals surface area contributed by atoms with E-state index in [1.807, 2.05) is 0 Å². The molecule has 2 unspecified atom stereocenters. The number of nitrogens with one attached hydrogen (secondary N) is 1. The van der Waals surface area contributed by atoms with Crippen LogP contribution in [0.3, 0.4) is 0 Å². The van der Waals surface area contributed by atoms with Gasteiger partial charge >= 0.3 is 0 Å². The molecule has 0 saturated carbocycles. The Morgan fingerprint density at radius 3 is 2.74 bits per heavy atom. The Morgan fingerprint density at radius 1 is 1.37 bits per heavy atom. The highest BCUT2D eigenvalue weighted by atomic mass is 15.2. The number of likely N-dealkylation sites (tertiary alicyclic amines) is 1. The van der Waals surface area contributed by atoms with Crippen molar-refractivity contribution in [3.05, 3.63) is 34.9 Å². The Labute approximate surface area is 118 Å². The second-order valence-corrected chi connectivity index (χ2v) is 6.02. The summed E-state index contributed by atoms with van der Waals surface area (Å²) in [5.74, 6) is 0.914. The zero-order valence-corrected chi connectivity index (χ0v) is 12.9. The van der Waals surface area contributed by atoms with Gasteiger partial charge in [-0.2, -0.15) is 0 Å². The van der Waals surface area contributed by atoms with Gasteiger partial charge < -0.3 is 10.2 Å². The van der Waals surface area contributed by atoms with Gasteiger partial charge in [-0.25, -0.2) is 0 Å². The maximum absolute atomic E-state index is 3.50. The number of hydrogen-bond donors (Lipinski definition) is 1. The van der Waals surface area contributed by atoms with Gasteiger partial charge in [0.2, 0.25) is 0 Å². The van der Waals surface area contributed by atoms with Crippen LogP contribution in [0.4, 0.5) is 0 Å². The van der Waals surface area contributed by atoms with Crippen LogP contribution in [0.2, 0.25) is 0 Å². The van der Waals surface area contributed by atoms with E-state index in [-0.39, 0.29) is 0 Å². The van der Waals surface area contributed by atoms with Crippen LogP contribution in [-0.2, 0) is 0 Å². The topological polar surface area (TPSA) is 15.3 Å². The first-order chi connectivity index (χ1) is 9.13. The number of benzene rings is 1. The maximum Gasteiger partial charge on any atom is 0.0449 e. The van der Waals surface area contributed by atoms with E-state index in [0.717, 1.165) is 12.5 Å². The summed E-state index contributed by atoms with van der Waals surface area (Å²) in [6.45, 7) is 10.4. The van der Waals surface area contributed by atoms with E-state index in [9.17, 15) is 0 Å². The van der Waals surface area contributed by atoms with Crippen molar-refractivity contribution >= 4 is 0 Å². The van der Waals surface area contributed by atoms with Gasteiger partial charge in [0.1, 0.15) is 0 Å². The second kappa shape index (κ2) is 6.53. The van der Waals surface area contributed by atoms with Crippen LogP contribution < -0.4 is 5.32 Å². The molecule has 1 heterocycles. The van der Waals surface area contributed by atoms with E-state index in [0.29, 0.717) is 6.04 Å². The number of nitrogens with zero attached hydrogens (tertiary/aromatic N) is 1. The third-order valence-corrected chi connectivity index (χ3v) is 4.54. The van der Waals surface area contributed by atoms with E-state index in [1.165, 1.54) is 42.6 Å². The fraction of sp³-hybridized carbons (Fsp3) is 0.647. The van der Waals surface area contributed by atoms with Gasteiger partial charge in [0.05, 0.1) is 0 Å². The van der Waals surface area contributed by atoms with Crippen molar-refractivity contribution in [1.82, 2.24) is 10.2 Å². The first-order valence-corrected chi connectivity index (χ1v) is 7.60. The Bertz CT molecular complexity index is 414. The maximum atomic E-state index is 3.50. The minimum absolute atomic E-state index is 0.455. The molecule has 1 fully saturated rings. The summed E-state index contributed by atoms with van der Waals surface area (Å²) in [7, 11) is 2.08. The Kier molecular flexibility index (Phi) is 5.00. The highest BCUT2D eigenvalue weighted by Gasteiger charge is 2.24. The van der Waals surface area contributed by atoms with Crippen molar-refractivity contribution in [3.63, 3.8) is 0 Å². The molecule has 0 spiro atoms. The van der Waals surface area contributed by atoms with Crippen molar-refractivity contribution in [2.24, 2.45) is 5.92 Å². The first-order valence-electron chi connectivity index (χ1n) is 7.60. The Balaban J connectivity index is 2.04. The minimum Gasteiger partial charge on any atom is -0.312 e. The van der Waals surface area contributed by atoms with Gasteiger partial charge in [0.25, 0.3) is 0 Å². The summed E-state index contributed by atoms with van der Waals surface area (Å²) >= 11 is 0. The average molecular weight is 260 g/mol. The first kappa shape index (κ1) is 14.5. The quantitative estimate of drug-likeness (QED) is 0.874. The molecule has 1 aliphatic rings. The molecule has 2 rings (SSSR count). The molecule has 1 aromatic rings. The van der Waals surface area contributed by atoms with Crippen LogP contribution in [0.25, 0.3) is 0 Å². The van der Waals surface area contributed by atoms with Crippen molar-refractivity contribution in [3.8, 4) is 0 Å². The summed E-state index contributed by atoms with van der Waals surface area (Å²) in [6.07, 6.45) is 2.70. The van der Waals surface area contributed by atoms with Gasteiger partial charge in [-0.15, -0.1) is 0 Å². The molecule has 1 aromatic carbocycles. The summed E-state index contributed by atoms with van der Waals surface area (Å²) in [5, 5.41) is 3.50. The number of aryl methyl sites for hydroxylation is 2. The second-order valence-electron chi connectivity index (χ2n) is 6.02. The van der Waals surface area contributed by atoms with Crippen LogP contribution in [0.5, 0.6) is 0 Å². The molecule has 0 amide bonds. The van der Waals surface area contributed by atoms with Gasteiger partial charge in [-0.1, -0.05) is 37.1 Å². The highest BCUT2D eigenvalue weighted by Crippen LogP contribution is 2.24. The number of hydrogen-bond acceptors (Lipinski definition) is 2. The van der Waals surface area contributed by atoms with Crippen LogP contribution in [-0.4, -0.2) is 31.6 Å². The summed E-state index contributed by atoms with van der Waals surface area (Å²) in [4.78, 5) is 2.62. The van der Waals surface area contributed by atoms with E-state index in [2.05, 4.69) is 56.2 Å². The van der Waals surface area contributed by atoms with Crippen LogP contribution >= 0.6 is 0 Å². The molecule has 2 nitrogen and oxygen atoms in total. The molecule has 0 aliphatic carbocycles. The predicted octanol–water partition coefficient (Wildman–Crippen LogP) is 3.30. The molecule has 1 saturated heterocycles. The largest absolute Gasteiger partial charge is 0.312 e. The van der Waals surface area contributed by atoms with Crippen LogP contribution in [0.15, 0.2) is 18.2 Å². The molecule has 106 valence electrons. The highest BCUT2D eigenvalue weighted by molar-refractivity contribution is 5.33. The summed E-state index contributed by atoms with van der Waals surface area (Å²) in [6, 6.07) is 7.26. The van der Waals surface area contributed by atoms with Gasteiger partial charge in [0, 0.05) is 19.1 Å². The van der Waals surface area contributed by atoms with Crippen molar-refractivity contribution in [2.75, 3.05) is 26.7 Å². The third-order valence-electron chi connectivity index (χ3n) is 4.54. The lowest BCUT2D eigenvalue weighted by atomic mass is 9.99. The standard InChI is InChI=1S/C17H28N2/c1-5-15-8-9-19(11-15)12-17(18-4)16-7-6-13(2)10-14(16)3/h6-7,10,15,17-18H,5,8-9,11-12H2,1-4H3. The van der Waals surface area contributed by atoms with Gasteiger partial charge in [-0.3, -0.25) is 0 Å². The monoisotopic (exact) mass is 260 g/mol. The SMILES string of the molecule is CCC1CCN(CC(NC)c2ccc(C)cc2C)C1. The molecular weight excluding hydrogens is 232 g/mol. The molecule has 2 atom stereocenters. The molecular formula is C17H28N2. The lowest BCUT2D eigenvalue weighted by Crippen LogP contribution is -2.32. The zero-order valence-electron chi connectivity index (χ0n) is 12.9. The zero-order chi connectivity index (χ0) is 13.8. The smallest absolute Gasteiger partial charge is 0.0449 e. The molecule has 0 radical (unpaired) electrons. The van der Waals surface area contributed by atoms with E-state index >= 15 is 0 Å². The normalized spacial score (nSPS) is 21.8. The molecule has 2 heteroatoms. The third kappa shape index (κ3) is 3.58. The van der Waals surface area contributed by atoms with Gasteiger partial charge in [-0.05, 0) is 50.9 Å². The predicted molar refractivity (Wildman–Crippen MR) is 82.6 cm³/mol. The summed E-state index contributed by atoms with van der Waals surface area (Å²) < 4.78 is 0. The lowest BCUT2D eigenvalue weighted by Gasteiger charge is -2.25. The minimum atomic E-state index is 0.455. The number of rotatable bonds is 5. The summed E-state index contributed by atoms with van der Waals surface area (Å²) in [5.41, 5.74) is 4.21. The Hall–Kier alpha value is -0.860. The number of likely N-dealkylation sites (N-methyl/N-ethyl adjacent to an activating group) is 1. The van der Waals surface area contributed by atoms with E-state index in [1.54, 1.807) is 0 Å². The molecule has 1 aliphatic heterocycles. The Morgan fingerprint density at radius 2 is 2.16 bits per heavy atom. The molecule has 0 bridgehead atoms. The van der Waals surface area contributed by atoms with Crippen molar-refractivity contribution < 1.29 is 0 Å².